The molecule has 0 aliphatic carbocycles. The van der Waals surface area contributed by atoms with Crippen LogP contribution < -0.4 is 5.43 Å². The van der Waals surface area contributed by atoms with Gasteiger partial charge in [0.25, 0.3) is 0 Å². The molecule has 0 saturated heterocycles. The number of rotatable bonds is 5. The van der Waals surface area contributed by atoms with Crippen LogP contribution in [0.5, 0.6) is 5.75 Å². The van der Waals surface area contributed by atoms with Gasteiger partial charge in [0, 0.05) is 21.0 Å². The van der Waals surface area contributed by atoms with Crippen LogP contribution in [0.3, 0.4) is 0 Å². The summed E-state index contributed by atoms with van der Waals surface area (Å²) in [5.41, 5.74) is 1.98. The molecule has 2 aromatic rings. The van der Waals surface area contributed by atoms with E-state index in [9.17, 15) is 20.0 Å². The van der Waals surface area contributed by atoms with Gasteiger partial charge < -0.3 is 5.11 Å². The summed E-state index contributed by atoms with van der Waals surface area (Å²) >= 11 is 4.57. The van der Waals surface area contributed by atoms with Crippen LogP contribution in [0, 0.1) is 10.1 Å². The van der Waals surface area contributed by atoms with Crippen LogP contribution >= 0.6 is 27.3 Å². The van der Waals surface area contributed by atoms with E-state index in [2.05, 4.69) is 26.5 Å². The average molecular weight is 384 g/mol. The highest BCUT2D eigenvalue weighted by molar-refractivity contribution is 9.10. The summed E-state index contributed by atoms with van der Waals surface area (Å²) in [4.78, 5) is 22.6. The Balaban J connectivity index is 2.07. The number of halogens is 1. The third-order valence-electron chi connectivity index (χ3n) is 2.59. The molecular formula is C13H10BrN3O4S. The zero-order valence-electron chi connectivity index (χ0n) is 11.0. The molecule has 0 unspecified atom stereocenters. The van der Waals surface area contributed by atoms with Crippen LogP contribution in [0.4, 0.5) is 5.69 Å². The number of phenolic OH excluding ortho intramolecular Hbond substituents is 1. The molecule has 114 valence electrons. The molecule has 2 N–H and O–H groups in total. The molecule has 1 aromatic heterocycles. The number of aromatic hydroxyl groups is 1. The molecule has 0 aliphatic heterocycles. The van der Waals surface area contributed by atoms with Crippen molar-refractivity contribution in [1.29, 1.82) is 0 Å². The molecule has 1 aromatic carbocycles. The molecule has 0 aliphatic rings. The highest BCUT2D eigenvalue weighted by Crippen LogP contribution is 2.32. The standard InChI is InChI=1S/C13H10BrN3O4S/c14-9-4-8(13(19)11(5-9)17(20)21)7-15-16-12(18)6-10-2-1-3-22-10/h1-5,7,19H,6H2,(H,16,18)/b15-7+. The molecule has 0 bridgehead atoms. The van der Waals surface area contributed by atoms with E-state index in [4.69, 9.17) is 0 Å². The van der Waals surface area contributed by atoms with Gasteiger partial charge >= 0.3 is 5.69 Å². The second-order valence-corrected chi connectivity index (χ2v) is 6.12. The van der Waals surface area contributed by atoms with Crippen LogP contribution in [-0.4, -0.2) is 22.2 Å². The molecule has 22 heavy (non-hydrogen) atoms. The monoisotopic (exact) mass is 383 g/mol. The van der Waals surface area contributed by atoms with Gasteiger partial charge in [0.2, 0.25) is 11.7 Å². The van der Waals surface area contributed by atoms with Gasteiger partial charge in [-0.25, -0.2) is 5.43 Å². The van der Waals surface area contributed by atoms with Crippen LogP contribution in [0.25, 0.3) is 0 Å². The smallest absolute Gasteiger partial charge is 0.312 e. The number of thiophene rings is 1. The predicted molar refractivity (Wildman–Crippen MR) is 86.2 cm³/mol. The fourth-order valence-electron chi connectivity index (χ4n) is 1.63. The Kier molecular flexibility index (Phi) is 5.23. The molecule has 0 atom stereocenters. The largest absolute Gasteiger partial charge is 0.502 e. The summed E-state index contributed by atoms with van der Waals surface area (Å²) in [6.45, 7) is 0. The minimum absolute atomic E-state index is 0.123. The summed E-state index contributed by atoms with van der Waals surface area (Å²) in [6, 6.07) is 6.31. The molecule has 1 amide bonds. The number of nitrogens with zero attached hydrogens (tertiary/aromatic N) is 2. The molecule has 2 rings (SSSR count). The van der Waals surface area contributed by atoms with E-state index in [0.29, 0.717) is 4.47 Å². The van der Waals surface area contributed by atoms with Gasteiger partial charge in [-0.15, -0.1) is 11.3 Å². The van der Waals surface area contributed by atoms with E-state index < -0.39 is 16.4 Å². The number of carbonyl (C=O) groups excluding carboxylic acids is 1. The van der Waals surface area contributed by atoms with Crippen LogP contribution in [0.2, 0.25) is 0 Å². The molecule has 1 heterocycles. The Morgan fingerprint density at radius 1 is 1.55 bits per heavy atom. The zero-order valence-corrected chi connectivity index (χ0v) is 13.4. The van der Waals surface area contributed by atoms with E-state index in [1.807, 2.05) is 17.5 Å². The highest BCUT2D eigenvalue weighted by atomic mass is 79.9. The summed E-state index contributed by atoms with van der Waals surface area (Å²) in [5.74, 6) is -0.827. The number of nitrogens with one attached hydrogen (secondary N) is 1. The maximum absolute atomic E-state index is 11.6. The van der Waals surface area contributed by atoms with Gasteiger partial charge in [0.05, 0.1) is 17.6 Å². The van der Waals surface area contributed by atoms with Crippen molar-refractivity contribution in [2.75, 3.05) is 0 Å². The van der Waals surface area contributed by atoms with Crippen LogP contribution in [0.1, 0.15) is 10.4 Å². The topological polar surface area (TPSA) is 105 Å². The van der Waals surface area contributed by atoms with Gasteiger partial charge in [0.15, 0.2) is 0 Å². The first-order chi connectivity index (χ1) is 10.5. The number of hydrazone groups is 1. The van der Waals surface area contributed by atoms with Gasteiger partial charge in [-0.2, -0.15) is 5.10 Å². The zero-order chi connectivity index (χ0) is 16.1. The van der Waals surface area contributed by atoms with Crippen molar-refractivity contribution in [3.8, 4) is 5.75 Å². The van der Waals surface area contributed by atoms with Crippen molar-refractivity contribution in [3.63, 3.8) is 0 Å². The lowest BCUT2D eigenvalue weighted by atomic mass is 10.2. The lowest BCUT2D eigenvalue weighted by Gasteiger charge is -2.02. The Bertz CT molecular complexity index is 731. The second-order valence-electron chi connectivity index (χ2n) is 4.17. The third kappa shape index (κ3) is 4.12. The Labute approximate surface area is 137 Å². The number of hydrogen-bond acceptors (Lipinski definition) is 6. The Morgan fingerprint density at radius 3 is 2.95 bits per heavy atom. The molecule has 0 fully saturated rings. The predicted octanol–water partition coefficient (Wildman–Crippen LogP) is 2.82. The van der Waals surface area contributed by atoms with Gasteiger partial charge in [-0.1, -0.05) is 22.0 Å². The minimum atomic E-state index is -0.702. The fraction of sp³-hybridized carbons (Fsp3) is 0.0769. The number of hydrogen-bond donors (Lipinski definition) is 2. The number of benzene rings is 1. The van der Waals surface area contributed by atoms with Crippen molar-refractivity contribution >= 4 is 45.1 Å². The van der Waals surface area contributed by atoms with Crippen molar-refractivity contribution < 1.29 is 14.8 Å². The summed E-state index contributed by atoms with van der Waals surface area (Å²) < 4.78 is 0.420. The van der Waals surface area contributed by atoms with Crippen LogP contribution in [-0.2, 0) is 11.2 Å². The molecule has 9 heteroatoms. The maximum Gasteiger partial charge on any atom is 0.312 e. The summed E-state index contributed by atoms with van der Waals surface area (Å²) in [6.07, 6.45) is 1.35. The molecule has 7 nitrogen and oxygen atoms in total. The Hall–Kier alpha value is -2.26. The molecule has 0 radical (unpaired) electrons. The molecule has 0 spiro atoms. The van der Waals surface area contributed by atoms with Gasteiger partial charge in [-0.3, -0.25) is 14.9 Å². The number of nitro benzene ring substituents is 1. The van der Waals surface area contributed by atoms with Crippen molar-refractivity contribution in [2.24, 2.45) is 5.10 Å². The van der Waals surface area contributed by atoms with E-state index in [0.717, 1.165) is 11.1 Å². The first kappa shape index (κ1) is 16.1. The number of nitro groups is 1. The van der Waals surface area contributed by atoms with Crippen molar-refractivity contribution in [2.45, 2.75) is 6.42 Å². The first-order valence-electron chi connectivity index (χ1n) is 5.98. The maximum atomic E-state index is 11.6. The van der Waals surface area contributed by atoms with Gasteiger partial charge in [0.1, 0.15) is 0 Å². The second kappa shape index (κ2) is 7.14. The van der Waals surface area contributed by atoms with E-state index in [-0.39, 0.29) is 17.9 Å². The van der Waals surface area contributed by atoms with Crippen LogP contribution in [0.15, 0.2) is 39.2 Å². The quantitative estimate of drug-likeness (QED) is 0.470. The average Bonchev–Trinajstić information content (AvgIpc) is 2.94. The first-order valence-corrected chi connectivity index (χ1v) is 7.66. The number of phenols is 1. The Morgan fingerprint density at radius 2 is 2.32 bits per heavy atom. The van der Waals surface area contributed by atoms with E-state index >= 15 is 0 Å². The van der Waals surface area contributed by atoms with Crippen molar-refractivity contribution in [3.05, 3.63) is 54.7 Å². The molecule has 0 saturated carbocycles. The van der Waals surface area contributed by atoms with E-state index in [1.54, 1.807) is 0 Å². The summed E-state index contributed by atoms with van der Waals surface area (Å²) in [7, 11) is 0. The highest BCUT2D eigenvalue weighted by Gasteiger charge is 2.17. The van der Waals surface area contributed by atoms with E-state index in [1.165, 1.54) is 23.5 Å². The fourth-order valence-corrected chi connectivity index (χ4v) is 2.79. The van der Waals surface area contributed by atoms with Gasteiger partial charge in [-0.05, 0) is 17.5 Å². The number of carbonyl (C=O) groups is 1. The lowest BCUT2D eigenvalue weighted by Crippen LogP contribution is -2.19. The minimum Gasteiger partial charge on any atom is -0.502 e. The number of amides is 1. The van der Waals surface area contributed by atoms with Crippen molar-refractivity contribution in [1.82, 2.24) is 5.43 Å². The third-order valence-corrected chi connectivity index (χ3v) is 3.92. The summed E-state index contributed by atoms with van der Waals surface area (Å²) in [5, 5.41) is 26.2. The molecular weight excluding hydrogens is 374 g/mol. The lowest BCUT2D eigenvalue weighted by molar-refractivity contribution is -0.385. The normalized spacial score (nSPS) is 10.8. The SMILES string of the molecule is O=C(Cc1cccs1)N/N=C/c1cc(Br)cc([N+](=O)[O-])c1O.